The average Bonchev–Trinajstić information content (AvgIpc) is 3.24. The topological polar surface area (TPSA) is 95.9 Å². The van der Waals surface area contributed by atoms with E-state index in [-0.39, 0.29) is 18.9 Å². The Morgan fingerprint density at radius 2 is 2.00 bits per heavy atom. The van der Waals surface area contributed by atoms with Gasteiger partial charge in [-0.3, -0.25) is 24.6 Å². The first-order valence-corrected chi connectivity index (χ1v) is 12.0. The molecule has 4 atom stereocenters. The van der Waals surface area contributed by atoms with Crippen LogP contribution >= 0.6 is 11.8 Å². The molecule has 0 aromatic heterocycles. The minimum absolute atomic E-state index is 0.163. The van der Waals surface area contributed by atoms with E-state index in [1.165, 1.54) is 16.7 Å². The third-order valence-electron chi connectivity index (χ3n) is 6.06. The normalized spacial score (nSPS) is 27.8. The summed E-state index contributed by atoms with van der Waals surface area (Å²) in [5.41, 5.74) is -0.701. The summed E-state index contributed by atoms with van der Waals surface area (Å²) >= 11 is 1.52. The zero-order valence-electron chi connectivity index (χ0n) is 18.2. The highest BCUT2D eigenvalue weighted by molar-refractivity contribution is 7.98. The Hall–Kier alpha value is -2.32. The molecule has 2 N–H and O–H groups in total. The van der Waals surface area contributed by atoms with Gasteiger partial charge in [0.25, 0.3) is 0 Å². The van der Waals surface area contributed by atoms with E-state index >= 15 is 0 Å². The number of rotatable bonds is 10. The van der Waals surface area contributed by atoms with E-state index < -0.39 is 35.3 Å². The number of allylic oxidation sites excluding steroid dienone is 1. The fraction of sp³-hybridized carbons (Fsp3) is 0.522. The summed E-state index contributed by atoms with van der Waals surface area (Å²) in [5.74, 6) is -2.21. The number of amides is 2. The summed E-state index contributed by atoms with van der Waals surface area (Å²) in [5, 5.41) is 13.4. The van der Waals surface area contributed by atoms with Gasteiger partial charge in [-0.15, -0.1) is 0 Å². The predicted octanol–water partition coefficient (Wildman–Crippen LogP) is 2.87. The first kappa shape index (κ1) is 23.3. The van der Waals surface area contributed by atoms with Crippen molar-refractivity contribution in [1.82, 2.24) is 10.2 Å². The number of hydrogen-bond donors (Lipinski definition) is 2. The second kappa shape index (κ2) is 9.87. The summed E-state index contributed by atoms with van der Waals surface area (Å²) in [6, 6.07) is 6.78. The SMILES string of the molecule is C/C=C/CN1C(=O)C2C(c3ccc(OCCC)cc3)NC(CCSC)(C(=O)O)C2C1=O. The van der Waals surface area contributed by atoms with Gasteiger partial charge in [0.2, 0.25) is 11.8 Å². The number of carbonyl (C=O) groups is 3. The lowest BCUT2D eigenvalue weighted by Crippen LogP contribution is -2.56. The van der Waals surface area contributed by atoms with Gasteiger partial charge in [-0.1, -0.05) is 31.2 Å². The van der Waals surface area contributed by atoms with Crippen LogP contribution in [0.5, 0.6) is 5.75 Å². The molecule has 2 heterocycles. The quantitative estimate of drug-likeness (QED) is 0.421. The number of imide groups is 1. The van der Waals surface area contributed by atoms with Crippen LogP contribution in [-0.2, 0) is 14.4 Å². The number of ether oxygens (including phenoxy) is 1. The maximum atomic E-state index is 13.3. The van der Waals surface area contributed by atoms with Crippen molar-refractivity contribution >= 4 is 29.5 Å². The second-order valence-corrected chi connectivity index (χ2v) is 8.90. The fourth-order valence-corrected chi connectivity index (χ4v) is 5.05. The molecule has 2 aliphatic heterocycles. The molecule has 2 fully saturated rings. The van der Waals surface area contributed by atoms with Crippen molar-refractivity contribution in [3.63, 3.8) is 0 Å². The Bertz CT molecular complexity index is 856. The van der Waals surface area contributed by atoms with E-state index in [9.17, 15) is 19.5 Å². The summed E-state index contributed by atoms with van der Waals surface area (Å²) in [6.45, 7) is 4.61. The van der Waals surface area contributed by atoms with Crippen LogP contribution in [0.1, 0.15) is 38.3 Å². The number of thioether (sulfide) groups is 1. The van der Waals surface area contributed by atoms with Crippen LogP contribution in [0.15, 0.2) is 36.4 Å². The molecule has 8 heteroatoms. The van der Waals surface area contributed by atoms with Crippen LogP contribution in [0.25, 0.3) is 0 Å². The summed E-state index contributed by atoms with van der Waals surface area (Å²) < 4.78 is 5.64. The first-order valence-electron chi connectivity index (χ1n) is 10.6. The highest BCUT2D eigenvalue weighted by atomic mass is 32.2. The van der Waals surface area contributed by atoms with E-state index in [0.717, 1.165) is 17.7 Å². The lowest BCUT2D eigenvalue weighted by Gasteiger charge is -2.31. The summed E-state index contributed by atoms with van der Waals surface area (Å²) in [6.07, 6.45) is 6.57. The number of likely N-dealkylation sites (tertiary alicyclic amines) is 1. The molecular weight excluding hydrogens is 416 g/mol. The molecular formula is C23H30N2O5S. The van der Waals surface area contributed by atoms with Crippen LogP contribution < -0.4 is 10.1 Å². The standard InChI is InChI=1S/C23H30N2O5S/c1-4-6-12-25-20(26)17-18(21(25)27)23(22(28)29,11-14-31-3)24-19(17)15-7-9-16(10-8-15)30-13-5-2/h4,6-10,17-19,24H,5,11-14H2,1-3H3,(H,28,29)/b6-4+. The van der Waals surface area contributed by atoms with Crippen molar-refractivity contribution in [2.45, 2.75) is 38.3 Å². The molecule has 4 unspecified atom stereocenters. The maximum Gasteiger partial charge on any atom is 0.324 e. The van der Waals surface area contributed by atoms with Crippen LogP contribution in [-0.4, -0.2) is 58.5 Å². The number of aliphatic carboxylic acids is 1. The maximum absolute atomic E-state index is 13.3. The van der Waals surface area contributed by atoms with Crippen molar-refractivity contribution in [2.75, 3.05) is 25.2 Å². The fourth-order valence-electron chi connectivity index (χ4n) is 4.53. The van der Waals surface area contributed by atoms with Crippen LogP contribution in [0.4, 0.5) is 0 Å². The van der Waals surface area contributed by atoms with Crippen LogP contribution in [0.3, 0.4) is 0 Å². The zero-order chi connectivity index (χ0) is 22.6. The number of carbonyl (C=O) groups excluding carboxylic acids is 2. The first-order chi connectivity index (χ1) is 14.9. The number of hydrogen-bond acceptors (Lipinski definition) is 6. The lowest BCUT2D eigenvalue weighted by molar-refractivity contribution is -0.151. The third-order valence-corrected chi connectivity index (χ3v) is 6.68. The Morgan fingerprint density at radius 1 is 1.29 bits per heavy atom. The minimum atomic E-state index is -1.48. The van der Waals surface area contributed by atoms with Gasteiger partial charge in [0.15, 0.2) is 0 Å². The van der Waals surface area contributed by atoms with E-state index in [4.69, 9.17) is 4.74 Å². The van der Waals surface area contributed by atoms with Crippen LogP contribution in [0, 0.1) is 11.8 Å². The average molecular weight is 447 g/mol. The molecule has 1 aromatic carbocycles. The van der Waals surface area contributed by atoms with Gasteiger partial charge in [0, 0.05) is 12.6 Å². The van der Waals surface area contributed by atoms with Crippen molar-refractivity contribution in [3.8, 4) is 5.75 Å². The minimum Gasteiger partial charge on any atom is -0.494 e. The Morgan fingerprint density at radius 3 is 2.58 bits per heavy atom. The van der Waals surface area contributed by atoms with Gasteiger partial charge in [-0.05, 0) is 49.5 Å². The molecule has 0 saturated carbocycles. The van der Waals surface area contributed by atoms with Crippen molar-refractivity contribution < 1.29 is 24.2 Å². The number of fused-ring (bicyclic) bond motifs is 1. The number of benzene rings is 1. The van der Waals surface area contributed by atoms with E-state index in [2.05, 4.69) is 5.32 Å². The predicted molar refractivity (Wildman–Crippen MR) is 120 cm³/mol. The lowest BCUT2D eigenvalue weighted by atomic mass is 9.78. The van der Waals surface area contributed by atoms with Crippen molar-refractivity contribution in [3.05, 3.63) is 42.0 Å². The number of nitrogens with zero attached hydrogens (tertiary/aromatic N) is 1. The van der Waals surface area contributed by atoms with Gasteiger partial charge in [0.1, 0.15) is 11.3 Å². The molecule has 31 heavy (non-hydrogen) atoms. The zero-order valence-corrected chi connectivity index (χ0v) is 19.0. The molecule has 1 aromatic rings. The Kier molecular flexibility index (Phi) is 7.43. The molecule has 3 rings (SSSR count). The van der Waals surface area contributed by atoms with Gasteiger partial charge in [-0.25, -0.2) is 0 Å². The molecule has 0 bridgehead atoms. The smallest absolute Gasteiger partial charge is 0.324 e. The number of carboxylic acid groups (broad SMARTS) is 1. The van der Waals surface area contributed by atoms with Crippen molar-refractivity contribution in [1.29, 1.82) is 0 Å². The van der Waals surface area contributed by atoms with Crippen molar-refractivity contribution in [2.24, 2.45) is 11.8 Å². The van der Waals surface area contributed by atoms with Gasteiger partial charge >= 0.3 is 5.97 Å². The third kappa shape index (κ3) is 4.23. The van der Waals surface area contributed by atoms with Gasteiger partial charge in [0.05, 0.1) is 18.4 Å². The van der Waals surface area contributed by atoms with Gasteiger partial charge in [-0.2, -0.15) is 11.8 Å². The monoisotopic (exact) mass is 446 g/mol. The Labute approximate surface area is 187 Å². The molecule has 0 aliphatic carbocycles. The molecule has 2 saturated heterocycles. The van der Waals surface area contributed by atoms with E-state index in [1.54, 1.807) is 12.2 Å². The molecule has 168 valence electrons. The number of carboxylic acids is 1. The molecule has 0 radical (unpaired) electrons. The van der Waals surface area contributed by atoms with E-state index in [0.29, 0.717) is 12.4 Å². The Balaban J connectivity index is 2.01. The van der Waals surface area contributed by atoms with Gasteiger partial charge < -0.3 is 9.84 Å². The molecule has 7 nitrogen and oxygen atoms in total. The van der Waals surface area contributed by atoms with Crippen LogP contribution in [0.2, 0.25) is 0 Å². The highest BCUT2D eigenvalue weighted by Crippen LogP contribution is 2.50. The molecule has 2 aliphatic rings. The largest absolute Gasteiger partial charge is 0.494 e. The second-order valence-electron chi connectivity index (χ2n) is 7.92. The molecule has 0 spiro atoms. The summed E-state index contributed by atoms with van der Waals surface area (Å²) in [7, 11) is 0. The molecule has 2 amide bonds. The highest BCUT2D eigenvalue weighted by Gasteiger charge is 2.67. The van der Waals surface area contributed by atoms with E-state index in [1.807, 2.05) is 44.4 Å². The summed E-state index contributed by atoms with van der Waals surface area (Å²) in [4.78, 5) is 40.3. The number of nitrogens with one attached hydrogen (secondary N) is 1.